The van der Waals surface area contributed by atoms with Gasteiger partial charge >= 0.3 is 0 Å². The molecule has 2 rings (SSSR count). The lowest BCUT2D eigenvalue weighted by molar-refractivity contribution is -0.115. The van der Waals surface area contributed by atoms with Crippen LogP contribution in [0.2, 0.25) is 0 Å². The Morgan fingerprint density at radius 3 is 3.00 bits per heavy atom. The van der Waals surface area contributed by atoms with Gasteiger partial charge in [-0.05, 0) is 37.3 Å². The minimum absolute atomic E-state index is 0.0325. The van der Waals surface area contributed by atoms with Crippen molar-refractivity contribution in [2.75, 3.05) is 18.1 Å². The highest BCUT2D eigenvalue weighted by molar-refractivity contribution is 7.98. The molecule has 0 aliphatic heterocycles. The van der Waals surface area contributed by atoms with Crippen LogP contribution in [0.5, 0.6) is 0 Å². The standard InChI is InChI=1S/C12H16N2OS/c1-16-11-4-2-3-10(7-11)14-12(15)8-13-9-5-6-9/h2-4,7,9,13H,5-6,8H2,1H3,(H,14,15). The van der Waals surface area contributed by atoms with E-state index < -0.39 is 0 Å². The number of rotatable bonds is 5. The Bertz CT molecular complexity index is 377. The lowest BCUT2D eigenvalue weighted by Crippen LogP contribution is -2.29. The van der Waals surface area contributed by atoms with Crippen LogP contribution in [0, 0.1) is 0 Å². The van der Waals surface area contributed by atoms with Gasteiger partial charge in [0.2, 0.25) is 5.91 Å². The molecule has 2 N–H and O–H groups in total. The van der Waals surface area contributed by atoms with Crippen molar-refractivity contribution in [2.45, 2.75) is 23.8 Å². The summed E-state index contributed by atoms with van der Waals surface area (Å²) in [7, 11) is 0. The molecule has 1 saturated carbocycles. The lowest BCUT2D eigenvalue weighted by atomic mass is 10.3. The van der Waals surface area contributed by atoms with Crippen LogP contribution in [-0.4, -0.2) is 24.7 Å². The fraction of sp³-hybridized carbons (Fsp3) is 0.417. The average Bonchev–Trinajstić information content (AvgIpc) is 3.10. The van der Waals surface area contributed by atoms with Crippen LogP contribution >= 0.6 is 11.8 Å². The van der Waals surface area contributed by atoms with E-state index in [1.807, 2.05) is 30.5 Å². The zero-order valence-electron chi connectivity index (χ0n) is 9.32. The van der Waals surface area contributed by atoms with Crippen LogP contribution in [0.25, 0.3) is 0 Å². The smallest absolute Gasteiger partial charge is 0.238 e. The molecule has 0 radical (unpaired) electrons. The van der Waals surface area contributed by atoms with Crippen LogP contribution in [0.4, 0.5) is 5.69 Å². The summed E-state index contributed by atoms with van der Waals surface area (Å²) in [5, 5.41) is 6.07. The SMILES string of the molecule is CSc1cccc(NC(=O)CNC2CC2)c1. The lowest BCUT2D eigenvalue weighted by Gasteiger charge is -2.06. The molecule has 0 spiro atoms. The predicted octanol–water partition coefficient (Wildman–Crippen LogP) is 2.10. The van der Waals surface area contributed by atoms with Crippen LogP contribution in [0.3, 0.4) is 0 Å². The summed E-state index contributed by atoms with van der Waals surface area (Å²) in [6.45, 7) is 0.411. The van der Waals surface area contributed by atoms with Gasteiger partial charge in [0.15, 0.2) is 0 Å². The highest BCUT2D eigenvalue weighted by Crippen LogP contribution is 2.19. The number of nitrogens with one attached hydrogen (secondary N) is 2. The fourth-order valence-electron chi connectivity index (χ4n) is 1.43. The van der Waals surface area contributed by atoms with Crippen LogP contribution in [0.1, 0.15) is 12.8 Å². The van der Waals surface area contributed by atoms with Crippen molar-refractivity contribution in [1.82, 2.24) is 5.32 Å². The van der Waals surface area contributed by atoms with Crippen molar-refractivity contribution in [1.29, 1.82) is 0 Å². The van der Waals surface area contributed by atoms with E-state index in [1.54, 1.807) is 11.8 Å². The normalized spacial score (nSPS) is 14.8. The molecule has 1 aliphatic rings. The molecule has 1 aromatic carbocycles. The molecule has 1 fully saturated rings. The first-order valence-electron chi connectivity index (χ1n) is 5.45. The minimum atomic E-state index is 0.0325. The number of anilines is 1. The van der Waals surface area contributed by atoms with Crippen molar-refractivity contribution in [3.8, 4) is 0 Å². The van der Waals surface area contributed by atoms with Gasteiger partial charge in [-0.3, -0.25) is 4.79 Å². The third kappa shape index (κ3) is 3.54. The van der Waals surface area contributed by atoms with Crippen LogP contribution < -0.4 is 10.6 Å². The Morgan fingerprint density at radius 2 is 2.31 bits per heavy atom. The van der Waals surface area contributed by atoms with E-state index in [2.05, 4.69) is 10.6 Å². The number of hydrogen-bond acceptors (Lipinski definition) is 3. The summed E-state index contributed by atoms with van der Waals surface area (Å²) in [6, 6.07) is 8.45. The zero-order valence-corrected chi connectivity index (χ0v) is 10.1. The second-order valence-corrected chi connectivity index (χ2v) is 4.81. The van der Waals surface area contributed by atoms with Gasteiger partial charge in [0.1, 0.15) is 0 Å². The molecule has 1 amide bonds. The first kappa shape index (κ1) is 11.5. The minimum Gasteiger partial charge on any atom is -0.325 e. The number of benzene rings is 1. The zero-order chi connectivity index (χ0) is 11.4. The quantitative estimate of drug-likeness (QED) is 0.769. The van der Waals surface area contributed by atoms with Crippen LogP contribution in [0.15, 0.2) is 29.2 Å². The number of thioether (sulfide) groups is 1. The van der Waals surface area contributed by atoms with Gasteiger partial charge in [0.25, 0.3) is 0 Å². The molecule has 86 valence electrons. The number of amides is 1. The summed E-state index contributed by atoms with van der Waals surface area (Å²) in [4.78, 5) is 12.7. The number of carbonyl (C=O) groups excluding carboxylic acids is 1. The van der Waals surface area contributed by atoms with E-state index in [4.69, 9.17) is 0 Å². The second kappa shape index (κ2) is 5.37. The highest BCUT2D eigenvalue weighted by Gasteiger charge is 2.21. The largest absolute Gasteiger partial charge is 0.325 e. The molecule has 0 atom stereocenters. The first-order chi connectivity index (χ1) is 7.78. The van der Waals surface area contributed by atoms with Crippen molar-refractivity contribution in [3.63, 3.8) is 0 Å². The molecule has 4 heteroatoms. The van der Waals surface area contributed by atoms with Crippen molar-refractivity contribution >= 4 is 23.4 Å². The Kier molecular flexibility index (Phi) is 3.85. The van der Waals surface area contributed by atoms with Gasteiger partial charge in [-0.1, -0.05) is 6.07 Å². The van der Waals surface area contributed by atoms with Crippen molar-refractivity contribution in [3.05, 3.63) is 24.3 Å². The summed E-state index contributed by atoms with van der Waals surface area (Å²) in [5.41, 5.74) is 0.870. The average molecular weight is 236 g/mol. The molecule has 0 aromatic heterocycles. The summed E-state index contributed by atoms with van der Waals surface area (Å²) < 4.78 is 0. The third-order valence-electron chi connectivity index (χ3n) is 2.48. The van der Waals surface area contributed by atoms with E-state index >= 15 is 0 Å². The van der Waals surface area contributed by atoms with Gasteiger partial charge in [0.05, 0.1) is 6.54 Å². The maximum atomic E-state index is 11.6. The monoisotopic (exact) mass is 236 g/mol. The van der Waals surface area contributed by atoms with Gasteiger partial charge in [-0.25, -0.2) is 0 Å². The van der Waals surface area contributed by atoms with Gasteiger partial charge in [-0.15, -0.1) is 11.8 Å². The molecule has 16 heavy (non-hydrogen) atoms. The number of carbonyl (C=O) groups is 1. The Labute approximate surface area is 100.0 Å². The van der Waals surface area contributed by atoms with Crippen molar-refractivity contribution in [2.24, 2.45) is 0 Å². The molecule has 0 heterocycles. The Balaban J connectivity index is 1.83. The Morgan fingerprint density at radius 1 is 1.50 bits per heavy atom. The molecular weight excluding hydrogens is 220 g/mol. The molecule has 0 unspecified atom stereocenters. The van der Waals surface area contributed by atoms with Crippen molar-refractivity contribution < 1.29 is 4.79 Å². The second-order valence-electron chi connectivity index (χ2n) is 3.94. The summed E-state index contributed by atoms with van der Waals surface area (Å²) in [5.74, 6) is 0.0325. The maximum absolute atomic E-state index is 11.6. The Hall–Kier alpha value is -1.00. The molecule has 1 aromatic rings. The molecular formula is C12H16N2OS. The van der Waals surface area contributed by atoms with E-state index in [0.717, 1.165) is 10.6 Å². The molecule has 1 aliphatic carbocycles. The van der Waals surface area contributed by atoms with E-state index in [1.165, 1.54) is 12.8 Å². The van der Waals surface area contributed by atoms with E-state index in [-0.39, 0.29) is 5.91 Å². The maximum Gasteiger partial charge on any atom is 0.238 e. The molecule has 0 bridgehead atoms. The van der Waals surface area contributed by atoms with Gasteiger partial charge in [-0.2, -0.15) is 0 Å². The molecule has 0 saturated heterocycles. The van der Waals surface area contributed by atoms with Crippen LogP contribution in [-0.2, 0) is 4.79 Å². The fourth-order valence-corrected chi connectivity index (χ4v) is 1.89. The topological polar surface area (TPSA) is 41.1 Å². The summed E-state index contributed by atoms with van der Waals surface area (Å²) in [6.07, 6.45) is 4.43. The third-order valence-corrected chi connectivity index (χ3v) is 3.21. The number of hydrogen-bond donors (Lipinski definition) is 2. The van der Waals surface area contributed by atoms with Gasteiger partial charge in [0, 0.05) is 16.6 Å². The predicted molar refractivity (Wildman–Crippen MR) is 67.9 cm³/mol. The summed E-state index contributed by atoms with van der Waals surface area (Å²) >= 11 is 1.67. The van der Waals surface area contributed by atoms with E-state index in [0.29, 0.717) is 12.6 Å². The first-order valence-corrected chi connectivity index (χ1v) is 6.67. The van der Waals surface area contributed by atoms with E-state index in [9.17, 15) is 4.79 Å². The van der Waals surface area contributed by atoms with Gasteiger partial charge < -0.3 is 10.6 Å². The highest BCUT2D eigenvalue weighted by atomic mass is 32.2. The molecule has 3 nitrogen and oxygen atoms in total.